The van der Waals surface area contributed by atoms with E-state index in [1.165, 1.54) is 12.1 Å². The normalized spacial score (nSPS) is 10.8. The van der Waals surface area contributed by atoms with Crippen molar-refractivity contribution in [1.29, 1.82) is 0 Å². The first-order valence-electron chi connectivity index (χ1n) is 5.18. The quantitative estimate of drug-likeness (QED) is 0.596. The second-order valence-electron chi connectivity index (χ2n) is 3.33. The number of halogens is 3. The lowest BCUT2D eigenvalue weighted by Crippen LogP contribution is -2.21. The minimum Gasteiger partial charge on any atom is -0.394 e. The fraction of sp³-hybridized carbons (Fsp3) is 0.455. The van der Waals surface area contributed by atoms with Crippen LogP contribution in [0, 0.1) is 11.6 Å². The van der Waals surface area contributed by atoms with E-state index in [0.717, 1.165) is 0 Å². The smallest absolute Gasteiger partial charge is 0.144 e. The number of rotatable bonds is 7. The van der Waals surface area contributed by atoms with Gasteiger partial charge in [0.1, 0.15) is 11.6 Å². The maximum absolute atomic E-state index is 13.5. The molecule has 3 nitrogen and oxygen atoms in total. The Morgan fingerprint density at radius 3 is 2.76 bits per heavy atom. The van der Waals surface area contributed by atoms with E-state index in [9.17, 15) is 8.78 Å². The van der Waals surface area contributed by atoms with Gasteiger partial charge in [0.2, 0.25) is 0 Å². The molecule has 0 heterocycles. The molecule has 0 spiro atoms. The van der Waals surface area contributed by atoms with Gasteiger partial charge in [-0.3, -0.25) is 0 Å². The van der Waals surface area contributed by atoms with E-state index < -0.39 is 11.6 Å². The summed E-state index contributed by atoms with van der Waals surface area (Å²) >= 11 is 3.00. The van der Waals surface area contributed by atoms with Crippen molar-refractivity contribution in [3.8, 4) is 0 Å². The fourth-order valence-electron chi connectivity index (χ4n) is 1.26. The summed E-state index contributed by atoms with van der Waals surface area (Å²) in [4.78, 5) is 0. The highest BCUT2D eigenvalue weighted by Crippen LogP contribution is 2.21. The molecule has 0 saturated heterocycles. The van der Waals surface area contributed by atoms with Gasteiger partial charge in [0, 0.05) is 18.7 Å². The van der Waals surface area contributed by atoms with Gasteiger partial charge in [-0.2, -0.15) is 0 Å². The van der Waals surface area contributed by atoms with Crippen molar-refractivity contribution in [3.63, 3.8) is 0 Å². The van der Waals surface area contributed by atoms with E-state index in [1.54, 1.807) is 0 Å². The molecule has 1 aromatic carbocycles. The Labute approximate surface area is 107 Å². The number of nitrogens with one attached hydrogen (secondary N) is 1. The van der Waals surface area contributed by atoms with Gasteiger partial charge < -0.3 is 15.2 Å². The summed E-state index contributed by atoms with van der Waals surface area (Å²) in [5, 5.41) is 11.3. The van der Waals surface area contributed by atoms with Crippen LogP contribution in [0.25, 0.3) is 0 Å². The third-order valence-electron chi connectivity index (χ3n) is 2.10. The number of hydrogen-bond acceptors (Lipinski definition) is 3. The highest BCUT2D eigenvalue weighted by molar-refractivity contribution is 9.10. The summed E-state index contributed by atoms with van der Waals surface area (Å²) in [5.41, 5.74) is 0.00142. The van der Waals surface area contributed by atoms with Crippen LogP contribution in [0.1, 0.15) is 5.56 Å². The Morgan fingerprint density at radius 1 is 1.29 bits per heavy atom. The van der Waals surface area contributed by atoms with Crippen molar-refractivity contribution in [1.82, 2.24) is 5.32 Å². The largest absolute Gasteiger partial charge is 0.394 e. The predicted molar refractivity (Wildman–Crippen MR) is 63.7 cm³/mol. The van der Waals surface area contributed by atoms with Gasteiger partial charge in [0.05, 0.1) is 24.3 Å². The van der Waals surface area contributed by atoms with Gasteiger partial charge >= 0.3 is 0 Å². The molecular weight excluding hydrogens is 296 g/mol. The number of aliphatic hydroxyl groups is 1. The number of aliphatic hydroxyl groups excluding tert-OH is 1. The van der Waals surface area contributed by atoms with E-state index in [4.69, 9.17) is 9.84 Å². The molecule has 0 atom stereocenters. The predicted octanol–water partition coefficient (Wildman–Crippen LogP) is 1.83. The second-order valence-corrected chi connectivity index (χ2v) is 4.19. The molecule has 0 aliphatic carbocycles. The summed E-state index contributed by atoms with van der Waals surface area (Å²) in [6.45, 7) is 1.18. The average Bonchev–Trinajstić information content (AvgIpc) is 2.32. The zero-order chi connectivity index (χ0) is 12.7. The van der Waals surface area contributed by atoms with E-state index >= 15 is 0 Å². The van der Waals surface area contributed by atoms with Crippen molar-refractivity contribution in [2.75, 3.05) is 26.4 Å². The Bertz CT molecular complexity index is 364. The topological polar surface area (TPSA) is 41.5 Å². The van der Waals surface area contributed by atoms with Gasteiger partial charge in [-0.1, -0.05) is 0 Å². The molecule has 0 amide bonds. The van der Waals surface area contributed by atoms with E-state index in [2.05, 4.69) is 21.2 Å². The Kier molecular flexibility index (Phi) is 6.57. The van der Waals surface area contributed by atoms with Gasteiger partial charge in [0.25, 0.3) is 0 Å². The van der Waals surface area contributed by atoms with Crippen LogP contribution in [0.4, 0.5) is 8.78 Å². The van der Waals surface area contributed by atoms with Gasteiger partial charge in [-0.15, -0.1) is 0 Å². The summed E-state index contributed by atoms with van der Waals surface area (Å²) in [6, 6.07) is 2.55. The molecule has 0 radical (unpaired) electrons. The van der Waals surface area contributed by atoms with Gasteiger partial charge in [0.15, 0.2) is 0 Å². The SMILES string of the molecule is OCCOCCNCc1c(F)ccc(Br)c1F. The molecule has 0 aliphatic heterocycles. The Morgan fingerprint density at radius 2 is 2.06 bits per heavy atom. The minimum atomic E-state index is -0.589. The second kappa shape index (κ2) is 7.71. The van der Waals surface area contributed by atoms with Crippen LogP contribution in [0.2, 0.25) is 0 Å². The molecule has 17 heavy (non-hydrogen) atoms. The minimum absolute atomic E-state index is 0.00142. The zero-order valence-corrected chi connectivity index (χ0v) is 10.8. The first-order valence-corrected chi connectivity index (χ1v) is 5.97. The summed E-state index contributed by atoms with van der Waals surface area (Å²) in [6.07, 6.45) is 0. The number of ether oxygens (including phenoxy) is 1. The molecule has 1 aromatic rings. The van der Waals surface area contributed by atoms with Crippen LogP contribution < -0.4 is 5.32 Å². The standard InChI is InChI=1S/C11H14BrF2NO2/c12-9-1-2-10(13)8(11(9)14)7-15-3-5-17-6-4-16/h1-2,15-16H,3-7H2. The summed E-state index contributed by atoms with van der Waals surface area (Å²) < 4.78 is 32.0. The molecule has 0 saturated carbocycles. The number of hydrogen-bond donors (Lipinski definition) is 2. The molecule has 6 heteroatoms. The molecule has 0 aromatic heterocycles. The monoisotopic (exact) mass is 309 g/mol. The molecule has 0 bridgehead atoms. The lowest BCUT2D eigenvalue weighted by Gasteiger charge is -2.08. The van der Waals surface area contributed by atoms with E-state index in [-0.39, 0.29) is 29.8 Å². The van der Waals surface area contributed by atoms with Crippen LogP contribution in [0.15, 0.2) is 16.6 Å². The third-order valence-corrected chi connectivity index (χ3v) is 2.71. The molecule has 2 N–H and O–H groups in total. The first-order chi connectivity index (χ1) is 8.16. The van der Waals surface area contributed by atoms with E-state index in [0.29, 0.717) is 13.2 Å². The van der Waals surface area contributed by atoms with Crippen molar-refractivity contribution < 1.29 is 18.6 Å². The maximum Gasteiger partial charge on any atom is 0.144 e. The van der Waals surface area contributed by atoms with Crippen LogP contribution >= 0.6 is 15.9 Å². The molecule has 0 unspecified atom stereocenters. The summed E-state index contributed by atoms with van der Waals surface area (Å²) in [7, 11) is 0. The van der Waals surface area contributed by atoms with Crippen LogP contribution in [-0.4, -0.2) is 31.5 Å². The van der Waals surface area contributed by atoms with Crippen molar-refractivity contribution in [3.05, 3.63) is 33.8 Å². The van der Waals surface area contributed by atoms with Crippen molar-refractivity contribution in [2.24, 2.45) is 0 Å². The molecule has 0 fully saturated rings. The Hall–Kier alpha value is -0.560. The van der Waals surface area contributed by atoms with Crippen LogP contribution in [-0.2, 0) is 11.3 Å². The van der Waals surface area contributed by atoms with E-state index in [1.807, 2.05) is 0 Å². The van der Waals surface area contributed by atoms with Crippen molar-refractivity contribution in [2.45, 2.75) is 6.54 Å². The maximum atomic E-state index is 13.5. The molecular formula is C11H14BrF2NO2. The van der Waals surface area contributed by atoms with Crippen molar-refractivity contribution >= 4 is 15.9 Å². The fourth-order valence-corrected chi connectivity index (χ4v) is 1.63. The first kappa shape index (κ1) is 14.5. The highest BCUT2D eigenvalue weighted by Gasteiger charge is 2.11. The molecule has 1 rings (SSSR count). The van der Waals surface area contributed by atoms with Crippen LogP contribution in [0.5, 0.6) is 0 Å². The van der Waals surface area contributed by atoms with Crippen LogP contribution in [0.3, 0.4) is 0 Å². The zero-order valence-electron chi connectivity index (χ0n) is 9.18. The molecule has 96 valence electrons. The Balaban J connectivity index is 2.39. The lowest BCUT2D eigenvalue weighted by atomic mass is 10.2. The summed E-state index contributed by atoms with van der Waals surface area (Å²) in [5.74, 6) is -1.16. The third kappa shape index (κ3) is 4.67. The highest BCUT2D eigenvalue weighted by atomic mass is 79.9. The lowest BCUT2D eigenvalue weighted by molar-refractivity contribution is 0.0937. The van der Waals surface area contributed by atoms with Gasteiger partial charge in [-0.05, 0) is 28.1 Å². The average molecular weight is 310 g/mol. The number of benzene rings is 1. The van der Waals surface area contributed by atoms with Gasteiger partial charge in [-0.25, -0.2) is 8.78 Å². The molecule has 0 aliphatic rings.